The molecule has 1 saturated carbocycles. The fourth-order valence-corrected chi connectivity index (χ4v) is 2.21. The Kier molecular flexibility index (Phi) is 5.61. The summed E-state index contributed by atoms with van der Waals surface area (Å²) in [4.78, 5) is 0. The SMILES string of the molecule is CC.CC(C)[C@H]1CC[C@H]1C(C)C. The minimum atomic E-state index is 0.918. The van der Waals surface area contributed by atoms with Crippen molar-refractivity contribution < 1.29 is 0 Å². The van der Waals surface area contributed by atoms with Crippen LogP contribution in [0.15, 0.2) is 0 Å². The highest BCUT2D eigenvalue weighted by molar-refractivity contribution is 4.84. The second kappa shape index (κ2) is 5.61. The molecule has 1 aliphatic rings. The van der Waals surface area contributed by atoms with E-state index in [1.807, 2.05) is 13.8 Å². The van der Waals surface area contributed by atoms with Gasteiger partial charge in [0, 0.05) is 0 Å². The summed E-state index contributed by atoms with van der Waals surface area (Å²) in [5, 5.41) is 0. The maximum atomic E-state index is 2.36. The molecule has 0 amide bonds. The van der Waals surface area contributed by atoms with Gasteiger partial charge in [-0.3, -0.25) is 0 Å². The number of hydrogen-bond donors (Lipinski definition) is 0. The van der Waals surface area contributed by atoms with Crippen molar-refractivity contribution in [3.63, 3.8) is 0 Å². The van der Waals surface area contributed by atoms with Crippen LogP contribution in [-0.4, -0.2) is 0 Å². The fraction of sp³-hybridized carbons (Fsp3) is 1.00. The van der Waals surface area contributed by atoms with Gasteiger partial charge in [0.2, 0.25) is 0 Å². The summed E-state index contributed by atoms with van der Waals surface area (Å²) in [6, 6.07) is 0. The first-order chi connectivity index (χ1) is 5.63. The van der Waals surface area contributed by atoms with E-state index in [2.05, 4.69) is 27.7 Å². The van der Waals surface area contributed by atoms with Crippen LogP contribution in [0.5, 0.6) is 0 Å². The Bertz CT molecular complexity index is 88.6. The molecule has 0 bridgehead atoms. The largest absolute Gasteiger partial charge is 0.0683 e. The van der Waals surface area contributed by atoms with Gasteiger partial charge >= 0.3 is 0 Å². The van der Waals surface area contributed by atoms with E-state index in [1.165, 1.54) is 12.8 Å². The van der Waals surface area contributed by atoms with Gasteiger partial charge in [-0.1, -0.05) is 41.5 Å². The van der Waals surface area contributed by atoms with E-state index in [-0.39, 0.29) is 0 Å². The summed E-state index contributed by atoms with van der Waals surface area (Å²) in [6.45, 7) is 13.4. The highest BCUT2D eigenvalue weighted by atomic mass is 14.4. The van der Waals surface area contributed by atoms with Crippen LogP contribution in [0.25, 0.3) is 0 Å². The number of hydrogen-bond acceptors (Lipinski definition) is 0. The lowest BCUT2D eigenvalue weighted by atomic mass is 9.64. The van der Waals surface area contributed by atoms with Crippen molar-refractivity contribution in [2.24, 2.45) is 23.7 Å². The monoisotopic (exact) mass is 170 g/mol. The molecule has 1 rings (SSSR count). The highest BCUT2D eigenvalue weighted by Crippen LogP contribution is 2.43. The second-order valence-corrected chi connectivity index (χ2v) is 4.39. The summed E-state index contributed by atoms with van der Waals surface area (Å²) < 4.78 is 0. The van der Waals surface area contributed by atoms with Gasteiger partial charge in [-0.05, 0) is 36.5 Å². The normalized spacial score (nSPS) is 28.0. The topological polar surface area (TPSA) is 0 Å². The maximum Gasteiger partial charge on any atom is -0.0360 e. The standard InChI is InChI=1S/C10H20.C2H6/c1-7(2)9-5-6-10(9)8(3)4;1-2/h7-10H,5-6H2,1-4H3;1-2H3/t9-,10+;. The zero-order chi connectivity index (χ0) is 9.72. The van der Waals surface area contributed by atoms with Crippen LogP contribution in [0.4, 0.5) is 0 Å². The van der Waals surface area contributed by atoms with Crippen molar-refractivity contribution in [1.29, 1.82) is 0 Å². The van der Waals surface area contributed by atoms with E-state index < -0.39 is 0 Å². The predicted molar refractivity (Wildman–Crippen MR) is 57.2 cm³/mol. The van der Waals surface area contributed by atoms with Crippen molar-refractivity contribution in [3.8, 4) is 0 Å². The van der Waals surface area contributed by atoms with E-state index in [4.69, 9.17) is 0 Å². The summed E-state index contributed by atoms with van der Waals surface area (Å²) in [7, 11) is 0. The third kappa shape index (κ3) is 2.80. The van der Waals surface area contributed by atoms with Crippen LogP contribution in [0.3, 0.4) is 0 Å². The summed E-state index contributed by atoms with van der Waals surface area (Å²) >= 11 is 0. The number of rotatable bonds is 2. The van der Waals surface area contributed by atoms with Crippen molar-refractivity contribution >= 4 is 0 Å². The zero-order valence-electron chi connectivity index (χ0n) is 9.72. The molecule has 0 aromatic rings. The molecule has 0 heteroatoms. The molecule has 0 N–H and O–H groups in total. The lowest BCUT2D eigenvalue weighted by Gasteiger charge is -2.42. The van der Waals surface area contributed by atoms with E-state index >= 15 is 0 Å². The smallest absolute Gasteiger partial charge is 0.0360 e. The van der Waals surface area contributed by atoms with Gasteiger partial charge in [-0.25, -0.2) is 0 Å². The first kappa shape index (κ1) is 12.0. The zero-order valence-corrected chi connectivity index (χ0v) is 9.72. The molecule has 0 unspecified atom stereocenters. The lowest BCUT2D eigenvalue weighted by molar-refractivity contribution is 0.0793. The van der Waals surface area contributed by atoms with Crippen LogP contribution in [0.1, 0.15) is 54.4 Å². The Hall–Kier alpha value is 0. The first-order valence-corrected chi connectivity index (χ1v) is 5.63. The third-order valence-corrected chi connectivity index (χ3v) is 3.10. The van der Waals surface area contributed by atoms with Gasteiger partial charge in [-0.2, -0.15) is 0 Å². The quantitative estimate of drug-likeness (QED) is 0.578. The van der Waals surface area contributed by atoms with Gasteiger partial charge in [0.25, 0.3) is 0 Å². The van der Waals surface area contributed by atoms with Gasteiger partial charge in [-0.15, -0.1) is 0 Å². The molecule has 0 nitrogen and oxygen atoms in total. The van der Waals surface area contributed by atoms with Crippen LogP contribution in [0, 0.1) is 23.7 Å². The Labute approximate surface area is 78.8 Å². The average Bonchev–Trinajstić information content (AvgIpc) is 1.86. The van der Waals surface area contributed by atoms with Gasteiger partial charge < -0.3 is 0 Å². The fourth-order valence-electron chi connectivity index (χ4n) is 2.21. The van der Waals surface area contributed by atoms with Crippen LogP contribution in [0.2, 0.25) is 0 Å². The van der Waals surface area contributed by atoms with Gasteiger partial charge in [0.05, 0.1) is 0 Å². The molecule has 74 valence electrons. The van der Waals surface area contributed by atoms with E-state index in [1.54, 1.807) is 0 Å². The van der Waals surface area contributed by atoms with Crippen molar-refractivity contribution in [3.05, 3.63) is 0 Å². The highest BCUT2D eigenvalue weighted by Gasteiger charge is 2.34. The predicted octanol–water partition coefficient (Wildman–Crippen LogP) is 4.35. The second-order valence-electron chi connectivity index (χ2n) is 4.39. The Balaban J connectivity index is 0.000000561. The molecule has 2 atom stereocenters. The molecule has 12 heavy (non-hydrogen) atoms. The molecule has 0 saturated heterocycles. The van der Waals surface area contributed by atoms with Gasteiger partial charge in [0.15, 0.2) is 0 Å². The van der Waals surface area contributed by atoms with Crippen LogP contribution >= 0.6 is 0 Å². The maximum absolute atomic E-state index is 2.36. The molecule has 1 aliphatic carbocycles. The molecule has 0 heterocycles. The third-order valence-electron chi connectivity index (χ3n) is 3.10. The Morgan fingerprint density at radius 1 is 0.750 bits per heavy atom. The van der Waals surface area contributed by atoms with E-state index in [0.717, 1.165) is 23.7 Å². The van der Waals surface area contributed by atoms with Gasteiger partial charge in [0.1, 0.15) is 0 Å². The minimum Gasteiger partial charge on any atom is -0.0683 e. The molecule has 0 aromatic carbocycles. The molecule has 1 fully saturated rings. The summed E-state index contributed by atoms with van der Waals surface area (Å²) in [5.74, 6) is 3.92. The van der Waals surface area contributed by atoms with Crippen molar-refractivity contribution in [2.45, 2.75) is 54.4 Å². The molecular weight excluding hydrogens is 144 g/mol. The van der Waals surface area contributed by atoms with E-state index in [9.17, 15) is 0 Å². The van der Waals surface area contributed by atoms with Crippen LogP contribution < -0.4 is 0 Å². The summed E-state index contributed by atoms with van der Waals surface area (Å²) in [6.07, 6.45) is 2.97. The van der Waals surface area contributed by atoms with Crippen molar-refractivity contribution in [2.75, 3.05) is 0 Å². The first-order valence-electron chi connectivity index (χ1n) is 5.63. The Morgan fingerprint density at radius 3 is 1.08 bits per heavy atom. The molecule has 0 spiro atoms. The average molecular weight is 170 g/mol. The Morgan fingerprint density at radius 2 is 1.00 bits per heavy atom. The van der Waals surface area contributed by atoms with Crippen LogP contribution in [-0.2, 0) is 0 Å². The van der Waals surface area contributed by atoms with E-state index in [0.29, 0.717) is 0 Å². The molecule has 0 aliphatic heterocycles. The summed E-state index contributed by atoms with van der Waals surface area (Å²) in [5.41, 5.74) is 0. The minimum absolute atomic E-state index is 0.918. The van der Waals surface area contributed by atoms with Crippen molar-refractivity contribution in [1.82, 2.24) is 0 Å². The lowest BCUT2D eigenvalue weighted by Crippen LogP contribution is -2.33. The molecule has 0 aromatic heterocycles. The molecular formula is C12H26. The molecule has 0 radical (unpaired) electrons.